The fourth-order valence-corrected chi connectivity index (χ4v) is 3.06. The van der Waals surface area contributed by atoms with Crippen LogP contribution in [0.2, 0.25) is 5.02 Å². The number of fused-ring (bicyclic) bond motifs is 1. The van der Waals surface area contributed by atoms with Crippen molar-refractivity contribution in [3.8, 4) is 0 Å². The maximum absolute atomic E-state index is 11.9. The van der Waals surface area contributed by atoms with Crippen molar-refractivity contribution in [1.29, 1.82) is 0 Å². The Labute approximate surface area is 131 Å². The topological polar surface area (TPSA) is 49.0 Å². The second-order valence-corrected chi connectivity index (χ2v) is 6.30. The van der Waals surface area contributed by atoms with E-state index >= 15 is 0 Å². The summed E-state index contributed by atoms with van der Waals surface area (Å²) in [5, 5.41) is 2.61. The Hall–Kier alpha value is -1.69. The van der Waals surface area contributed by atoms with E-state index in [9.17, 15) is 4.79 Å². The van der Waals surface area contributed by atoms with Crippen molar-refractivity contribution in [2.75, 3.05) is 7.05 Å². The molecular weight excluding hydrogens is 306 g/mol. The smallest absolute Gasteiger partial charge is 0.268 e. The number of aromatic nitrogens is 2. The van der Waals surface area contributed by atoms with Gasteiger partial charge in [-0.25, -0.2) is 4.98 Å². The number of rotatable bonds is 4. The van der Waals surface area contributed by atoms with E-state index < -0.39 is 0 Å². The predicted octanol–water partition coefficient (Wildman–Crippen LogP) is 3.27. The van der Waals surface area contributed by atoms with Crippen LogP contribution in [0.5, 0.6) is 0 Å². The number of benzene rings is 1. The molecule has 0 fully saturated rings. The number of halogens is 1. The SMILES string of the molecule is CN(Cc1ccc(Cl)cc1)Cc1nc2ccsc2c(=O)[nH]1. The van der Waals surface area contributed by atoms with Gasteiger partial charge >= 0.3 is 0 Å². The largest absolute Gasteiger partial charge is 0.308 e. The van der Waals surface area contributed by atoms with E-state index in [0.29, 0.717) is 17.1 Å². The van der Waals surface area contributed by atoms with Crippen molar-refractivity contribution in [1.82, 2.24) is 14.9 Å². The van der Waals surface area contributed by atoms with E-state index in [1.54, 1.807) is 0 Å². The fraction of sp³-hybridized carbons (Fsp3) is 0.200. The Bertz CT molecular complexity index is 810. The molecule has 6 heteroatoms. The van der Waals surface area contributed by atoms with Gasteiger partial charge in [-0.3, -0.25) is 9.69 Å². The van der Waals surface area contributed by atoms with Crippen molar-refractivity contribution in [2.24, 2.45) is 0 Å². The number of nitrogens with one attached hydrogen (secondary N) is 1. The number of aromatic amines is 1. The molecular formula is C15H14ClN3OS. The highest BCUT2D eigenvalue weighted by molar-refractivity contribution is 7.17. The van der Waals surface area contributed by atoms with Gasteiger partial charge in [0.05, 0.1) is 12.1 Å². The summed E-state index contributed by atoms with van der Waals surface area (Å²) in [7, 11) is 1.99. The first-order valence-corrected chi connectivity index (χ1v) is 7.77. The first-order chi connectivity index (χ1) is 10.1. The molecule has 0 atom stereocenters. The van der Waals surface area contributed by atoms with Crippen LogP contribution >= 0.6 is 22.9 Å². The molecule has 0 unspecified atom stereocenters. The van der Waals surface area contributed by atoms with Crippen LogP contribution in [0.4, 0.5) is 0 Å². The van der Waals surface area contributed by atoms with E-state index in [1.807, 2.05) is 42.8 Å². The van der Waals surface area contributed by atoms with E-state index in [1.165, 1.54) is 16.9 Å². The van der Waals surface area contributed by atoms with Crippen LogP contribution < -0.4 is 5.56 Å². The van der Waals surface area contributed by atoms with Crippen LogP contribution in [0.3, 0.4) is 0 Å². The summed E-state index contributed by atoms with van der Waals surface area (Å²) in [5.74, 6) is 0.683. The third kappa shape index (κ3) is 3.32. The third-order valence-corrected chi connectivity index (χ3v) is 4.30. The van der Waals surface area contributed by atoms with Gasteiger partial charge in [-0.1, -0.05) is 23.7 Å². The number of hydrogen-bond donors (Lipinski definition) is 1. The van der Waals surface area contributed by atoms with Crippen LogP contribution in [-0.2, 0) is 13.1 Å². The fourth-order valence-electron chi connectivity index (χ4n) is 2.21. The molecule has 3 rings (SSSR count). The van der Waals surface area contributed by atoms with Gasteiger partial charge in [0.25, 0.3) is 5.56 Å². The summed E-state index contributed by atoms with van der Waals surface area (Å²) in [6.45, 7) is 1.35. The quantitative estimate of drug-likeness (QED) is 0.803. The Morgan fingerprint density at radius 2 is 2.00 bits per heavy atom. The molecule has 0 aliphatic rings. The van der Waals surface area contributed by atoms with Gasteiger partial charge < -0.3 is 4.98 Å². The third-order valence-electron chi connectivity index (χ3n) is 3.15. The van der Waals surface area contributed by atoms with Crippen molar-refractivity contribution >= 4 is 33.2 Å². The van der Waals surface area contributed by atoms with Gasteiger partial charge in [0.15, 0.2) is 0 Å². The van der Waals surface area contributed by atoms with E-state index in [0.717, 1.165) is 17.1 Å². The maximum atomic E-state index is 11.9. The Balaban J connectivity index is 1.75. The average molecular weight is 320 g/mol. The normalized spacial score (nSPS) is 11.4. The molecule has 4 nitrogen and oxygen atoms in total. The number of hydrogen-bond acceptors (Lipinski definition) is 4. The molecule has 3 aromatic rings. The summed E-state index contributed by atoms with van der Waals surface area (Å²) in [6, 6.07) is 9.62. The predicted molar refractivity (Wildman–Crippen MR) is 86.9 cm³/mol. The molecule has 21 heavy (non-hydrogen) atoms. The second-order valence-electron chi connectivity index (χ2n) is 4.95. The van der Waals surface area contributed by atoms with Gasteiger partial charge in [-0.05, 0) is 36.2 Å². The lowest BCUT2D eigenvalue weighted by atomic mass is 10.2. The van der Waals surface area contributed by atoms with Crippen molar-refractivity contribution in [3.63, 3.8) is 0 Å². The van der Waals surface area contributed by atoms with E-state index in [4.69, 9.17) is 11.6 Å². The highest BCUT2D eigenvalue weighted by Crippen LogP contribution is 2.15. The molecule has 0 saturated heterocycles. The highest BCUT2D eigenvalue weighted by Gasteiger charge is 2.08. The molecule has 1 aromatic carbocycles. The average Bonchev–Trinajstić information content (AvgIpc) is 2.90. The second kappa shape index (κ2) is 5.97. The van der Waals surface area contributed by atoms with Crippen LogP contribution in [0.15, 0.2) is 40.5 Å². The molecule has 0 saturated carbocycles. The Morgan fingerprint density at radius 3 is 2.76 bits per heavy atom. The van der Waals surface area contributed by atoms with Gasteiger partial charge in [0.2, 0.25) is 0 Å². The molecule has 0 spiro atoms. The van der Waals surface area contributed by atoms with Crippen LogP contribution in [0.25, 0.3) is 10.2 Å². The lowest BCUT2D eigenvalue weighted by Gasteiger charge is -2.16. The first kappa shape index (κ1) is 14.3. The summed E-state index contributed by atoms with van der Waals surface area (Å²) >= 11 is 7.29. The number of thiophene rings is 1. The highest BCUT2D eigenvalue weighted by atomic mass is 35.5. The molecule has 2 heterocycles. The van der Waals surface area contributed by atoms with Gasteiger partial charge in [0, 0.05) is 11.6 Å². The molecule has 0 amide bonds. The lowest BCUT2D eigenvalue weighted by Crippen LogP contribution is -2.21. The number of H-pyrrole nitrogens is 1. The summed E-state index contributed by atoms with van der Waals surface area (Å²) in [5.41, 5.74) is 1.87. The van der Waals surface area contributed by atoms with Gasteiger partial charge in [-0.2, -0.15) is 0 Å². The lowest BCUT2D eigenvalue weighted by molar-refractivity contribution is 0.311. The Kier molecular flexibility index (Phi) is 4.05. The summed E-state index contributed by atoms with van der Waals surface area (Å²) in [6.07, 6.45) is 0. The van der Waals surface area contributed by atoms with Crippen molar-refractivity contribution < 1.29 is 0 Å². The van der Waals surface area contributed by atoms with Crippen LogP contribution in [-0.4, -0.2) is 21.9 Å². The van der Waals surface area contributed by atoms with E-state index in [2.05, 4.69) is 14.9 Å². The zero-order valence-electron chi connectivity index (χ0n) is 11.5. The molecule has 0 aliphatic heterocycles. The zero-order chi connectivity index (χ0) is 14.8. The minimum atomic E-state index is -0.0649. The molecule has 1 N–H and O–H groups in total. The van der Waals surface area contributed by atoms with Crippen molar-refractivity contribution in [2.45, 2.75) is 13.1 Å². The maximum Gasteiger partial charge on any atom is 0.268 e. The van der Waals surface area contributed by atoms with Crippen molar-refractivity contribution in [3.05, 3.63) is 62.5 Å². The van der Waals surface area contributed by atoms with Gasteiger partial charge in [0.1, 0.15) is 10.5 Å². The molecule has 2 aromatic heterocycles. The monoisotopic (exact) mass is 319 g/mol. The minimum Gasteiger partial charge on any atom is -0.308 e. The van der Waals surface area contributed by atoms with Crippen LogP contribution in [0, 0.1) is 0 Å². The zero-order valence-corrected chi connectivity index (χ0v) is 13.0. The molecule has 0 bridgehead atoms. The Morgan fingerprint density at radius 1 is 1.24 bits per heavy atom. The van der Waals surface area contributed by atoms with E-state index in [-0.39, 0.29) is 5.56 Å². The molecule has 0 radical (unpaired) electrons. The first-order valence-electron chi connectivity index (χ1n) is 6.51. The molecule has 0 aliphatic carbocycles. The standard InChI is InChI=1S/C15H14ClN3OS/c1-19(8-10-2-4-11(16)5-3-10)9-13-17-12-6-7-21-14(12)15(20)18-13/h2-7H,8-9H2,1H3,(H,17,18,20). The minimum absolute atomic E-state index is 0.0649. The summed E-state index contributed by atoms with van der Waals surface area (Å²) in [4.78, 5) is 21.3. The number of nitrogens with zero attached hydrogens (tertiary/aromatic N) is 2. The van der Waals surface area contributed by atoms with Crippen LogP contribution in [0.1, 0.15) is 11.4 Å². The summed E-state index contributed by atoms with van der Waals surface area (Å²) < 4.78 is 0.680. The van der Waals surface area contributed by atoms with Gasteiger partial charge in [-0.15, -0.1) is 11.3 Å². The molecule has 108 valence electrons.